The van der Waals surface area contributed by atoms with Gasteiger partial charge in [0.15, 0.2) is 0 Å². The first-order chi connectivity index (χ1) is 10.7. The number of nitrogens with zero attached hydrogens (tertiary/aromatic N) is 3. The molecule has 1 aromatic carbocycles. The summed E-state index contributed by atoms with van der Waals surface area (Å²) in [6.07, 6.45) is 5.53. The van der Waals surface area contributed by atoms with Gasteiger partial charge in [0.05, 0.1) is 26.0 Å². The SMILES string of the molecule is O=C(O)CC1COCCN1Cc1ccc(-n2ccnc2)cc1. The first-order valence-electron chi connectivity index (χ1n) is 7.33. The number of carboxylic acids is 1. The van der Waals surface area contributed by atoms with Gasteiger partial charge >= 0.3 is 5.97 Å². The molecule has 0 radical (unpaired) electrons. The number of aliphatic carboxylic acids is 1. The zero-order valence-electron chi connectivity index (χ0n) is 12.3. The Morgan fingerprint density at radius 3 is 2.86 bits per heavy atom. The molecule has 6 nitrogen and oxygen atoms in total. The van der Waals surface area contributed by atoms with E-state index in [0.29, 0.717) is 13.2 Å². The molecule has 22 heavy (non-hydrogen) atoms. The number of ether oxygens (including phenoxy) is 1. The lowest BCUT2D eigenvalue weighted by atomic mass is 10.1. The largest absolute Gasteiger partial charge is 0.481 e. The summed E-state index contributed by atoms with van der Waals surface area (Å²) in [5, 5.41) is 9.00. The maximum absolute atomic E-state index is 11.0. The molecule has 2 aromatic rings. The lowest BCUT2D eigenvalue weighted by molar-refractivity contribution is -0.140. The highest BCUT2D eigenvalue weighted by molar-refractivity contribution is 5.67. The predicted octanol–water partition coefficient (Wildman–Crippen LogP) is 1.55. The number of carboxylic acid groups (broad SMARTS) is 1. The molecule has 1 N–H and O–H groups in total. The van der Waals surface area contributed by atoms with Crippen LogP contribution >= 0.6 is 0 Å². The van der Waals surface area contributed by atoms with E-state index in [0.717, 1.165) is 18.8 Å². The minimum Gasteiger partial charge on any atom is -0.481 e. The summed E-state index contributed by atoms with van der Waals surface area (Å²) < 4.78 is 7.35. The van der Waals surface area contributed by atoms with E-state index >= 15 is 0 Å². The molecule has 1 aromatic heterocycles. The topological polar surface area (TPSA) is 67.6 Å². The first-order valence-corrected chi connectivity index (χ1v) is 7.33. The standard InChI is InChI=1S/C16H19N3O3/c20-16(21)9-15-11-22-8-7-18(15)10-13-1-3-14(4-2-13)19-6-5-17-12-19/h1-6,12,15H,7-11H2,(H,20,21). The van der Waals surface area contributed by atoms with Crippen LogP contribution in [0.2, 0.25) is 0 Å². The van der Waals surface area contributed by atoms with Gasteiger partial charge in [0.2, 0.25) is 0 Å². The van der Waals surface area contributed by atoms with E-state index in [-0.39, 0.29) is 12.5 Å². The Morgan fingerprint density at radius 1 is 1.36 bits per heavy atom. The van der Waals surface area contributed by atoms with E-state index in [1.165, 1.54) is 5.56 Å². The lowest BCUT2D eigenvalue weighted by Crippen LogP contribution is -2.45. The maximum atomic E-state index is 11.0. The molecule has 1 saturated heterocycles. The van der Waals surface area contributed by atoms with Gasteiger partial charge in [-0.15, -0.1) is 0 Å². The summed E-state index contributed by atoms with van der Waals surface area (Å²) in [4.78, 5) is 17.2. The van der Waals surface area contributed by atoms with Crippen LogP contribution in [0.5, 0.6) is 0 Å². The van der Waals surface area contributed by atoms with Gasteiger partial charge in [-0.05, 0) is 17.7 Å². The quantitative estimate of drug-likeness (QED) is 0.907. The molecule has 0 saturated carbocycles. The van der Waals surface area contributed by atoms with Gasteiger partial charge in [-0.1, -0.05) is 12.1 Å². The molecular weight excluding hydrogens is 282 g/mol. The summed E-state index contributed by atoms with van der Waals surface area (Å²) in [7, 11) is 0. The van der Waals surface area contributed by atoms with Crippen molar-refractivity contribution >= 4 is 5.97 Å². The van der Waals surface area contributed by atoms with Gasteiger partial charge in [0.1, 0.15) is 0 Å². The average Bonchev–Trinajstić information content (AvgIpc) is 3.04. The van der Waals surface area contributed by atoms with Gasteiger partial charge in [-0.2, -0.15) is 0 Å². The molecule has 1 unspecified atom stereocenters. The van der Waals surface area contributed by atoms with E-state index < -0.39 is 5.97 Å². The molecule has 1 aliphatic heterocycles. The van der Waals surface area contributed by atoms with Crippen LogP contribution in [0.1, 0.15) is 12.0 Å². The smallest absolute Gasteiger partial charge is 0.305 e. The van der Waals surface area contributed by atoms with Crippen molar-refractivity contribution in [2.24, 2.45) is 0 Å². The number of hydrogen-bond donors (Lipinski definition) is 1. The highest BCUT2D eigenvalue weighted by Gasteiger charge is 2.25. The van der Waals surface area contributed by atoms with Crippen molar-refractivity contribution in [3.05, 3.63) is 48.5 Å². The Hall–Kier alpha value is -2.18. The Morgan fingerprint density at radius 2 is 2.18 bits per heavy atom. The van der Waals surface area contributed by atoms with Crippen molar-refractivity contribution in [3.63, 3.8) is 0 Å². The summed E-state index contributed by atoms with van der Waals surface area (Å²) in [6.45, 7) is 2.65. The van der Waals surface area contributed by atoms with Crippen LogP contribution < -0.4 is 0 Å². The third-order valence-corrected chi connectivity index (χ3v) is 3.88. The van der Waals surface area contributed by atoms with E-state index in [4.69, 9.17) is 9.84 Å². The molecule has 116 valence electrons. The molecular formula is C16H19N3O3. The van der Waals surface area contributed by atoms with Crippen LogP contribution in [0, 0.1) is 0 Å². The summed E-state index contributed by atoms with van der Waals surface area (Å²) in [6, 6.07) is 8.18. The van der Waals surface area contributed by atoms with Gasteiger partial charge < -0.3 is 14.4 Å². The van der Waals surface area contributed by atoms with Gasteiger partial charge in [0, 0.05) is 37.2 Å². The fourth-order valence-corrected chi connectivity index (χ4v) is 2.71. The van der Waals surface area contributed by atoms with E-state index in [1.807, 2.05) is 22.9 Å². The van der Waals surface area contributed by atoms with Crippen molar-refractivity contribution in [2.45, 2.75) is 19.0 Å². The number of imidazole rings is 1. The van der Waals surface area contributed by atoms with Crippen molar-refractivity contribution < 1.29 is 14.6 Å². The van der Waals surface area contributed by atoms with E-state index in [9.17, 15) is 4.79 Å². The number of benzene rings is 1. The Kier molecular flexibility index (Phi) is 4.50. The molecule has 0 bridgehead atoms. The van der Waals surface area contributed by atoms with Crippen LogP contribution in [0.4, 0.5) is 0 Å². The van der Waals surface area contributed by atoms with Crippen LogP contribution in [0.15, 0.2) is 43.0 Å². The molecule has 0 aliphatic carbocycles. The number of carbonyl (C=O) groups is 1. The van der Waals surface area contributed by atoms with Gasteiger partial charge in [0.25, 0.3) is 0 Å². The fourth-order valence-electron chi connectivity index (χ4n) is 2.71. The fraction of sp³-hybridized carbons (Fsp3) is 0.375. The zero-order chi connectivity index (χ0) is 15.4. The Bertz CT molecular complexity index is 610. The Labute approximate surface area is 129 Å². The predicted molar refractivity (Wildman–Crippen MR) is 80.8 cm³/mol. The van der Waals surface area contributed by atoms with Crippen LogP contribution in [0.3, 0.4) is 0 Å². The molecule has 0 spiro atoms. The number of aromatic nitrogens is 2. The Balaban J connectivity index is 1.67. The van der Waals surface area contributed by atoms with E-state index in [1.54, 1.807) is 12.5 Å². The second-order valence-corrected chi connectivity index (χ2v) is 5.43. The van der Waals surface area contributed by atoms with Crippen LogP contribution in [-0.2, 0) is 16.1 Å². The number of hydrogen-bond acceptors (Lipinski definition) is 4. The average molecular weight is 301 g/mol. The first kappa shape index (κ1) is 14.7. The van der Waals surface area contributed by atoms with Crippen molar-refractivity contribution in [2.75, 3.05) is 19.8 Å². The lowest BCUT2D eigenvalue weighted by Gasteiger charge is -2.34. The highest BCUT2D eigenvalue weighted by atomic mass is 16.5. The van der Waals surface area contributed by atoms with Crippen LogP contribution in [-0.4, -0.2) is 51.3 Å². The second-order valence-electron chi connectivity index (χ2n) is 5.43. The molecule has 1 atom stereocenters. The van der Waals surface area contributed by atoms with Gasteiger partial charge in [-0.3, -0.25) is 9.69 Å². The van der Waals surface area contributed by atoms with Crippen molar-refractivity contribution in [3.8, 4) is 5.69 Å². The monoisotopic (exact) mass is 301 g/mol. The molecule has 6 heteroatoms. The zero-order valence-corrected chi connectivity index (χ0v) is 12.3. The maximum Gasteiger partial charge on any atom is 0.305 e. The normalized spacial score (nSPS) is 19.2. The summed E-state index contributed by atoms with van der Waals surface area (Å²) in [5.74, 6) is -0.782. The summed E-state index contributed by atoms with van der Waals surface area (Å²) >= 11 is 0. The number of morpholine rings is 1. The molecule has 2 heterocycles. The molecule has 0 amide bonds. The minimum atomic E-state index is -0.782. The summed E-state index contributed by atoms with van der Waals surface area (Å²) in [5.41, 5.74) is 2.23. The molecule has 1 fully saturated rings. The third kappa shape index (κ3) is 3.52. The van der Waals surface area contributed by atoms with E-state index in [2.05, 4.69) is 22.0 Å². The number of rotatable bonds is 5. The molecule has 3 rings (SSSR count). The third-order valence-electron chi connectivity index (χ3n) is 3.88. The molecule has 1 aliphatic rings. The minimum absolute atomic E-state index is 0.0559. The second kappa shape index (κ2) is 6.72. The van der Waals surface area contributed by atoms with Crippen molar-refractivity contribution in [1.82, 2.24) is 14.5 Å². The van der Waals surface area contributed by atoms with Crippen molar-refractivity contribution in [1.29, 1.82) is 0 Å². The van der Waals surface area contributed by atoms with Gasteiger partial charge in [-0.25, -0.2) is 4.98 Å². The van der Waals surface area contributed by atoms with Crippen LogP contribution in [0.25, 0.3) is 5.69 Å². The highest BCUT2D eigenvalue weighted by Crippen LogP contribution is 2.16.